The SMILES string of the molecule is COc1ccccc1Nc1nc(Cl)c(/C=N/NC(=O)c2ccccc2C)s1. The molecule has 0 bridgehead atoms. The number of rotatable bonds is 6. The maximum absolute atomic E-state index is 12.2. The number of hydrazone groups is 1. The highest BCUT2D eigenvalue weighted by atomic mass is 35.5. The summed E-state index contributed by atoms with van der Waals surface area (Å²) in [5.74, 6) is 0.418. The Morgan fingerprint density at radius 2 is 1.96 bits per heavy atom. The van der Waals surface area contributed by atoms with Gasteiger partial charge in [0, 0.05) is 5.56 Å². The Bertz CT molecular complexity index is 987. The van der Waals surface area contributed by atoms with Crippen molar-refractivity contribution in [2.24, 2.45) is 5.10 Å². The van der Waals surface area contributed by atoms with E-state index in [1.807, 2.05) is 49.4 Å². The summed E-state index contributed by atoms with van der Waals surface area (Å²) in [6.45, 7) is 1.87. The summed E-state index contributed by atoms with van der Waals surface area (Å²) in [7, 11) is 1.60. The Kier molecular flexibility index (Phi) is 6.05. The molecule has 0 aliphatic rings. The first-order chi connectivity index (χ1) is 13.1. The van der Waals surface area contributed by atoms with Gasteiger partial charge in [-0.2, -0.15) is 5.10 Å². The van der Waals surface area contributed by atoms with E-state index in [1.54, 1.807) is 13.2 Å². The van der Waals surface area contributed by atoms with Crippen LogP contribution in [0, 0.1) is 6.92 Å². The fourth-order valence-electron chi connectivity index (χ4n) is 2.35. The minimum atomic E-state index is -0.280. The molecule has 138 valence electrons. The van der Waals surface area contributed by atoms with Gasteiger partial charge in [-0.3, -0.25) is 4.79 Å². The number of ether oxygens (including phenoxy) is 1. The van der Waals surface area contributed by atoms with Crippen molar-refractivity contribution in [2.45, 2.75) is 6.92 Å². The lowest BCUT2D eigenvalue weighted by molar-refractivity contribution is 0.0954. The molecule has 1 heterocycles. The highest BCUT2D eigenvalue weighted by Gasteiger charge is 2.11. The summed E-state index contributed by atoms with van der Waals surface area (Å²) in [5.41, 5.74) is 4.73. The van der Waals surface area contributed by atoms with Crippen molar-refractivity contribution < 1.29 is 9.53 Å². The average Bonchev–Trinajstić information content (AvgIpc) is 3.01. The first-order valence-corrected chi connectivity index (χ1v) is 9.23. The first-order valence-electron chi connectivity index (χ1n) is 8.04. The molecule has 0 unspecified atom stereocenters. The number of nitrogens with zero attached hydrogens (tertiary/aromatic N) is 2. The van der Waals surface area contributed by atoms with Crippen molar-refractivity contribution in [3.05, 3.63) is 69.7 Å². The first kappa shape index (κ1) is 18.9. The molecule has 2 N–H and O–H groups in total. The van der Waals surface area contributed by atoms with E-state index in [0.717, 1.165) is 11.3 Å². The minimum Gasteiger partial charge on any atom is -0.495 e. The van der Waals surface area contributed by atoms with Gasteiger partial charge >= 0.3 is 0 Å². The van der Waals surface area contributed by atoms with Gasteiger partial charge in [0.2, 0.25) is 0 Å². The van der Waals surface area contributed by atoms with Crippen LogP contribution in [0.4, 0.5) is 10.8 Å². The van der Waals surface area contributed by atoms with E-state index in [-0.39, 0.29) is 5.91 Å². The van der Waals surface area contributed by atoms with E-state index in [4.69, 9.17) is 16.3 Å². The van der Waals surface area contributed by atoms with E-state index < -0.39 is 0 Å². The standard InChI is InChI=1S/C19H17ClN4O2S/c1-12-7-3-4-8-13(12)18(25)24-21-11-16-17(20)23-19(27-16)22-14-9-5-6-10-15(14)26-2/h3-11H,1-2H3,(H,22,23)(H,24,25)/b21-11+. The van der Waals surface area contributed by atoms with Gasteiger partial charge in [-0.15, -0.1) is 0 Å². The topological polar surface area (TPSA) is 75.6 Å². The Morgan fingerprint density at radius 3 is 2.74 bits per heavy atom. The monoisotopic (exact) mass is 400 g/mol. The number of amides is 1. The summed E-state index contributed by atoms with van der Waals surface area (Å²) < 4.78 is 5.31. The zero-order valence-corrected chi connectivity index (χ0v) is 16.3. The zero-order valence-electron chi connectivity index (χ0n) is 14.7. The van der Waals surface area contributed by atoms with Gasteiger partial charge in [0.1, 0.15) is 5.75 Å². The number of anilines is 2. The molecule has 0 saturated carbocycles. The maximum atomic E-state index is 12.2. The molecule has 3 aromatic rings. The summed E-state index contributed by atoms with van der Waals surface area (Å²) in [5, 5.41) is 8.04. The Balaban J connectivity index is 1.69. The number of thiazole rings is 1. The second-order valence-corrected chi connectivity index (χ2v) is 6.90. The third-order valence-corrected chi connectivity index (χ3v) is 5.00. The molecule has 0 aliphatic carbocycles. The fourth-order valence-corrected chi connectivity index (χ4v) is 3.39. The third kappa shape index (κ3) is 4.64. The van der Waals surface area contributed by atoms with Crippen molar-refractivity contribution in [1.29, 1.82) is 0 Å². The molecule has 0 aliphatic heterocycles. The number of halogens is 1. The van der Waals surface area contributed by atoms with E-state index in [9.17, 15) is 4.79 Å². The van der Waals surface area contributed by atoms with Crippen LogP contribution in [0.5, 0.6) is 5.75 Å². The van der Waals surface area contributed by atoms with Gasteiger partial charge in [0.05, 0.1) is 23.9 Å². The van der Waals surface area contributed by atoms with Crippen LogP contribution in [-0.4, -0.2) is 24.2 Å². The molecule has 1 aromatic heterocycles. The summed E-state index contributed by atoms with van der Waals surface area (Å²) >= 11 is 7.48. The van der Waals surface area contributed by atoms with E-state index in [2.05, 4.69) is 20.8 Å². The molecule has 27 heavy (non-hydrogen) atoms. The van der Waals surface area contributed by atoms with Crippen LogP contribution >= 0.6 is 22.9 Å². The van der Waals surface area contributed by atoms with Crippen molar-refractivity contribution >= 4 is 45.9 Å². The summed E-state index contributed by atoms with van der Waals surface area (Å²) in [6, 6.07) is 14.8. The lowest BCUT2D eigenvalue weighted by Crippen LogP contribution is -2.18. The number of methoxy groups -OCH3 is 1. The number of para-hydroxylation sites is 2. The molecule has 0 radical (unpaired) electrons. The second kappa shape index (κ2) is 8.66. The van der Waals surface area contributed by atoms with Gasteiger partial charge in [0.25, 0.3) is 5.91 Å². The van der Waals surface area contributed by atoms with Gasteiger partial charge in [-0.25, -0.2) is 10.4 Å². The lowest BCUT2D eigenvalue weighted by atomic mass is 10.1. The minimum absolute atomic E-state index is 0.280. The van der Waals surface area contributed by atoms with E-state index in [1.165, 1.54) is 17.6 Å². The molecule has 3 rings (SSSR count). The number of aromatic nitrogens is 1. The highest BCUT2D eigenvalue weighted by molar-refractivity contribution is 7.17. The van der Waals surface area contributed by atoms with Gasteiger partial charge in [0.15, 0.2) is 10.3 Å². The number of carbonyl (C=O) groups is 1. The number of hydrogen-bond donors (Lipinski definition) is 2. The van der Waals surface area contributed by atoms with Crippen LogP contribution in [0.15, 0.2) is 53.6 Å². The number of benzene rings is 2. The molecule has 0 saturated heterocycles. The fraction of sp³-hybridized carbons (Fsp3) is 0.105. The highest BCUT2D eigenvalue weighted by Crippen LogP contribution is 2.31. The molecule has 6 nitrogen and oxygen atoms in total. The van der Waals surface area contributed by atoms with Crippen molar-refractivity contribution in [3.63, 3.8) is 0 Å². The molecule has 2 aromatic carbocycles. The van der Waals surface area contributed by atoms with Crippen molar-refractivity contribution in [2.75, 3.05) is 12.4 Å². The second-order valence-electron chi connectivity index (χ2n) is 5.51. The number of nitrogens with one attached hydrogen (secondary N) is 2. The molecule has 0 spiro atoms. The van der Waals surface area contributed by atoms with Gasteiger partial charge in [-0.05, 0) is 30.7 Å². The van der Waals surface area contributed by atoms with Crippen molar-refractivity contribution in [1.82, 2.24) is 10.4 Å². The van der Waals surface area contributed by atoms with Crippen LogP contribution in [0.25, 0.3) is 0 Å². The molecular weight excluding hydrogens is 384 g/mol. The third-order valence-electron chi connectivity index (χ3n) is 3.70. The zero-order chi connectivity index (χ0) is 19.2. The Hall–Kier alpha value is -2.90. The predicted molar refractivity (Wildman–Crippen MR) is 110 cm³/mol. The van der Waals surface area contributed by atoms with Crippen LogP contribution < -0.4 is 15.5 Å². The molecule has 0 atom stereocenters. The summed E-state index contributed by atoms with van der Waals surface area (Å²) in [4.78, 5) is 17.1. The molecular formula is C19H17ClN4O2S. The van der Waals surface area contributed by atoms with E-state index >= 15 is 0 Å². The number of carbonyl (C=O) groups excluding carboxylic acids is 1. The van der Waals surface area contributed by atoms with Crippen molar-refractivity contribution in [3.8, 4) is 5.75 Å². The Labute approximate surface area is 165 Å². The number of aryl methyl sites for hydroxylation is 1. The van der Waals surface area contributed by atoms with E-state index in [0.29, 0.717) is 26.5 Å². The van der Waals surface area contributed by atoms with Gasteiger partial charge < -0.3 is 10.1 Å². The van der Waals surface area contributed by atoms with Crippen LogP contribution in [0.2, 0.25) is 5.15 Å². The quantitative estimate of drug-likeness (QED) is 0.467. The average molecular weight is 401 g/mol. The lowest BCUT2D eigenvalue weighted by Gasteiger charge is -2.07. The maximum Gasteiger partial charge on any atom is 0.271 e. The smallest absolute Gasteiger partial charge is 0.271 e. The molecule has 0 fully saturated rings. The predicted octanol–water partition coefficient (Wildman–Crippen LogP) is 4.62. The van der Waals surface area contributed by atoms with Crippen LogP contribution in [-0.2, 0) is 0 Å². The van der Waals surface area contributed by atoms with Crippen LogP contribution in [0.3, 0.4) is 0 Å². The molecule has 1 amide bonds. The molecule has 8 heteroatoms. The normalized spacial score (nSPS) is 10.8. The Morgan fingerprint density at radius 1 is 1.22 bits per heavy atom. The van der Waals surface area contributed by atoms with Gasteiger partial charge in [-0.1, -0.05) is 53.3 Å². The number of hydrogen-bond acceptors (Lipinski definition) is 6. The van der Waals surface area contributed by atoms with Crippen LogP contribution in [0.1, 0.15) is 20.8 Å². The summed E-state index contributed by atoms with van der Waals surface area (Å²) in [6.07, 6.45) is 1.48. The largest absolute Gasteiger partial charge is 0.495 e.